The lowest BCUT2D eigenvalue weighted by Gasteiger charge is -2.09. The Morgan fingerprint density at radius 3 is 2.44 bits per heavy atom. The second-order valence-electron chi connectivity index (χ2n) is 5.82. The Labute approximate surface area is 157 Å². The van der Waals surface area contributed by atoms with Crippen LogP contribution in [0.2, 0.25) is 5.02 Å². The van der Waals surface area contributed by atoms with Gasteiger partial charge in [0, 0.05) is 23.8 Å². The number of thiocarbonyl (C=S) groups is 1. The average Bonchev–Trinajstić information content (AvgIpc) is 3.03. The van der Waals surface area contributed by atoms with Gasteiger partial charge in [0.05, 0.1) is 6.54 Å². The number of hydrogen-bond acceptors (Lipinski definition) is 2. The molecule has 0 bridgehead atoms. The summed E-state index contributed by atoms with van der Waals surface area (Å²) in [4.78, 5) is 0. The van der Waals surface area contributed by atoms with Crippen molar-refractivity contribution in [2.24, 2.45) is 0 Å². The molecule has 0 radical (unpaired) electrons. The number of aromatic nitrogens is 2. The van der Waals surface area contributed by atoms with Gasteiger partial charge >= 0.3 is 0 Å². The van der Waals surface area contributed by atoms with E-state index in [9.17, 15) is 0 Å². The second kappa shape index (κ2) is 8.14. The molecule has 25 heavy (non-hydrogen) atoms. The maximum absolute atomic E-state index is 5.90. The quantitative estimate of drug-likeness (QED) is 0.654. The number of nitrogens with one attached hydrogen (secondary N) is 2. The molecule has 0 aliphatic heterocycles. The van der Waals surface area contributed by atoms with Gasteiger partial charge in [0.2, 0.25) is 0 Å². The number of rotatable bonds is 5. The minimum Gasteiger partial charge on any atom is -0.358 e. The molecule has 4 nitrogen and oxygen atoms in total. The minimum absolute atomic E-state index is 0.553. The predicted octanol–water partition coefficient (Wildman–Crippen LogP) is 4.38. The highest BCUT2D eigenvalue weighted by Crippen LogP contribution is 2.11. The van der Waals surface area contributed by atoms with Crippen LogP contribution in [-0.2, 0) is 13.1 Å². The predicted molar refractivity (Wildman–Crippen MR) is 107 cm³/mol. The van der Waals surface area contributed by atoms with E-state index in [2.05, 4.69) is 46.9 Å². The summed E-state index contributed by atoms with van der Waals surface area (Å²) in [7, 11) is 0. The van der Waals surface area contributed by atoms with E-state index in [-0.39, 0.29) is 0 Å². The molecular formula is C19H19ClN4S. The molecule has 1 aromatic heterocycles. The highest BCUT2D eigenvalue weighted by Gasteiger charge is 2.03. The van der Waals surface area contributed by atoms with Crippen LogP contribution in [0.3, 0.4) is 0 Å². The maximum Gasteiger partial charge on any atom is 0.172 e. The topological polar surface area (TPSA) is 41.9 Å². The van der Waals surface area contributed by atoms with E-state index in [4.69, 9.17) is 23.8 Å². The summed E-state index contributed by atoms with van der Waals surface area (Å²) in [6, 6.07) is 18.0. The molecule has 3 rings (SSSR count). The third-order valence-corrected chi connectivity index (χ3v) is 4.21. The summed E-state index contributed by atoms with van der Waals surface area (Å²) in [5.41, 5.74) is 3.57. The zero-order valence-corrected chi connectivity index (χ0v) is 15.4. The normalized spacial score (nSPS) is 10.5. The van der Waals surface area contributed by atoms with Gasteiger partial charge in [0.25, 0.3) is 0 Å². The number of nitrogens with zero attached hydrogens (tertiary/aromatic N) is 2. The van der Waals surface area contributed by atoms with Crippen LogP contribution >= 0.6 is 23.8 Å². The van der Waals surface area contributed by atoms with Crippen molar-refractivity contribution in [2.45, 2.75) is 20.0 Å². The molecule has 0 fully saturated rings. The van der Waals surface area contributed by atoms with Gasteiger partial charge in [0.1, 0.15) is 0 Å². The molecule has 0 aliphatic rings. The van der Waals surface area contributed by atoms with Crippen LogP contribution in [0, 0.1) is 6.92 Å². The van der Waals surface area contributed by atoms with Crippen LogP contribution < -0.4 is 10.6 Å². The van der Waals surface area contributed by atoms with Gasteiger partial charge in [-0.15, -0.1) is 0 Å². The first-order valence-electron chi connectivity index (χ1n) is 7.97. The number of halogens is 1. The van der Waals surface area contributed by atoms with Gasteiger partial charge in [-0.05, 0) is 42.4 Å². The molecular weight excluding hydrogens is 352 g/mol. The van der Waals surface area contributed by atoms with Crippen LogP contribution in [0.1, 0.15) is 16.7 Å². The number of hydrogen-bond donors (Lipinski definition) is 2. The fraction of sp³-hybridized carbons (Fsp3) is 0.158. The van der Waals surface area contributed by atoms with E-state index in [1.165, 1.54) is 11.1 Å². The first-order valence-corrected chi connectivity index (χ1v) is 8.75. The van der Waals surface area contributed by atoms with E-state index in [0.717, 1.165) is 16.4 Å². The van der Waals surface area contributed by atoms with Gasteiger partial charge in [-0.2, -0.15) is 5.10 Å². The van der Waals surface area contributed by atoms with Crippen molar-refractivity contribution in [1.29, 1.82) is 0 Å². The van der Waals surface area contributed by atoms with Crippen LogP contribution in [0.5, 0.6) is 0 Å². The molecule has 2 N–H and O–H groups in total. The Kier molecular flexibility index (Phi) is 5.68. The van der Waals surface area contributed by atoms with Crippen LogP contribution in [0.15, 0.2) is 60.8 Å². The summed E-state index contributed by atoms with van der Waals surface area (Å²) in [6.45, 7) is 3.43. The van der Waals surface area contributed by atoms with Crippen molar-refractivity contribution in [3.05, 3.63) is 82.5 Å². The van der Waals surface area contributed by atoms with Crippen molar-refractivity contribution in [3.63, 3.8) is 0 Å². The SMILES string of the molecule is Cc1ccc(CNC(=S)Nc2ccn(Cc3ccc(Cl)cc3)n2)cc1. The number of benzene rings is 2. The molecule has 0 atom stereocenters. The molecule has 0 amide bonds. The Morgan fingerprint density at radius 2 is 1.72 bits per heavy atom. The summed E-state index contributed by atoms with van der Waals surface area (Å²) >= 11 is 11.2. The molecule has 3 aromatic rings. The van der Waals surface area contributed by atoms with Gasteiger partial charge in [-0.3, -0.25) is 4.68 Å². The molecule has 0 aliphatic carbocycles. The Morgan fingerprint density at radius 1 is 1.04 bits per heavy atom. The first kappa shape index (κ1) is 17.5. The Balaban J connectivity index is 1.51. The van der Waals surface area contributed by atoms with E-state index in [0.29, 0.717) is 18.2 Å². The average molecular weight is 371 g/mol. The monoisotopic (exact) mass is 370 g/mol. The highest BCUT2D eigenvalue weighted by molar-refractivity contribution is 7.80. The maximum atomic E-state index is 5.90. The Bertz CT molecular complexity index is 841. The van der Waals surface area contributed by atoms with Gasteiger partial charge in [-0.1, -0.05) is 53.6 Å². The molecule has 1 heterocycles. The van der Waals surface area contributed by atoms with Crippen molar-refractivity contribution in [2.75, 3.05) is 5.32 Å². The zero-order valence-electron chi connectivity index (χ0n) is 13.9. The van der Waals surface area contributed by atoms with Gasteiger partial charge in [0.15, 0.2) is 10.9 Å². The molecule has 2 aromatic carbocycles. The minimum atomic E-state index is 0.553. The fourth-order valence-corrected chi connectivity index (χ4v) is 2.64. The molecule has 6 heteroatoms. The smallest absolute Gasteiger partial charge is 0.172 e. The van der Waals surface area contributed by atoms with Crippen LogP contribution in [-0.4, -0.2) is 14.9 Å². The van der Waals surface area contributed by atoms with E-state index in [1.807, 2.05) is 41.2 Å². The summed E-state index contributed by atoms with van der Waals surface area (Å²) < 4.78 is 1.86. The number of aryl methyl sites for hydroxylation is 1. The van der Waals surface area contributed by atoms with E-state index >= 15 is 0 Å². The fourth-order valence-electron chi connectivity index (χ4n) is 2.34. The van der Waals surface area contributed by atoms with Crippen LogP contribution in [0.4, 0.5) is 5.82 Å². The first-order chi connectivity index (χ1) is 12.1. The molecule has 0 saturated carbocycles. The lowest BCUT2D eigenvalue weighted by molar-refractivity contribution is 0.690. The third kappa shape index (κ3) is 5.31. The van der Waals surface area contributed by atoms with Crippen LogP contribution in [0.25, 0.3) is 0 Å². The standard InChI is InChI=1S/C19H19ClN4S/c1-14-2-4-15(5-3-14)12-21-19(25)22-18-10-11-24(23-18)13-16-6-8-17(20)9-7-16/h2-11H,12-13H2,1H3,(H2,21,22,23,25). The van der Waals surface area contributed by atoms with Crippen molar-refractivity contribution in [3.8, 4) is 0 Å². The Hall–Kier alpha value is -2.37. The number of anilines is 1. The van der Waals surface area contributed by atoms with Gasteiger partial charge in [-0.25, -0.2) is 0 Å². The van der Waals surface area contributed by atoms with Crippen molar-refractivity contribution >= 4 is 34.7 Å². The van der Waals surface area contributed by atoms with Crippen molar-refractivity contribution in [1.82, 2.24) is 15.1 Å². The summed E-state index contributed by atoms with van der Waals surface area (Å²) in [5, 5.41) is 12.1. The molecule has 0 spiro atoms. The van der Waals surface area contributed by atoms with E-state index < -0.39 is 0 Å². The molecule has 128 valence electrons. The third-order valence-electron chi connectivity index (χ3n) is 3.71. The molecule has 0 saturated heterocycles. The highest BCUT2D eigenvalue weighted by atomic mass is 35.5. The van der Waals surface area contributed by atoms with E-state index in [1.54, 1.807) is 0 Å². The largest absolute Gasteiger partial charge is 0.358 e. The zero-order chi connectivity index (χ0) is 17.6. The second-order valence-corrected chi connectivity index (χ2v) is 6.66. The lowest BCUT2D eigenvalue weighted by Crippen LogP contribution is -2.28. The summed E-state index contributed by atoms with van der Waals surface area (Å²) in [6.07, 6.45) is 1.92. The molecule has 0 unspecified atom stereocenters. The van der Waals surface area contributed by atoms with Gasteiger partial charge < -0.3 is 10.6 Å². The lowest BCUT2D eigenvalue weighted by atomic mass is 10.1. The van der Waals surface area contributed by atoms with Crippen molar-refractivity contribution < 1.29 is 0 Å². The summed E-state index contributed by atoms with van der Waals surface area (Å²) in [5.74, 6) is 0.718.